The van der Waals surface area contributed by atoms with Crippen molar-refractivity contribution in [1.82, 2.24) is 15.5 Å². The maximum Gasteiger partial charge on any atom is 0.318 e. The van der Waals surface area contributed by atoms with Crippen molar-refractivity contribution in [2.24, 2.45) is 0 Å². The Morgan fingerprint density at radius 1 is 1.31 bits per heavy atom. The Labute approximate surface area is 97.2 Å². The van der Waals surface area contributed by atoms with Gasteiger partial charge in [0.2, 0.25) is 5.89 Å². The zero-order chi connectivity index (χ0) is 12.0. The van der Waals surface area contributed by atoms with E-state index in [4.69, 9.17) is 4.42 Å². The van der Waals surface area contributed by atoms with E-state index in [0.29, 0.717) is 24.5 Å². The molecule has 1 aromatic heterocycles. The molecule has 5 nitrogen and oxygen atoms in total. The van der Waals surface area contributed by atoms with Crippen LogP contribution in [0.4, 0.5) is 6.01 Å². The Morgan fingerprint density at radius 2 is 2.06 bits per heavy atom. The molecule has 1 heterocycles. The highest BCUT2D eigenvalue weighted by atomic mass is 16.4. The molecular weight excluding hydrogens is 204 g/mol. The SMILES string of the molecule is CCCN(c1nnc(CNCC)o1)C(C)C. The van der Waals surface area contributed by atoms with E-state index in [1.165, 1.54) is 0 Å². The van der Waals surface area contributed by atoms with Gasteiger partial charge >= 0.3 is 6.01 Å². The van der Waals surface area contributed by atoms with Crippen molar-refractivity contribution in [1.29, 1.82) is 0 Å². The van der Waals surface area contributed by atoms with Gasteiger partial charge in [-0.2, -0.15) is 0 Å². The predicted molar refractivity (Wildman–Crippen MR) is 64.5 cm³/mol. The van der Waals surface area contributed by atoms with Crippen molar-refractivity contribution in [2.45, 2.75) is 46.7 Å². The zero-order valence-corrected chi connectivity index (χ0v) is 10.7. The van der Waals surface area contributed by atoms with Gasteiger partial charge in [-0.3, -0.25) is 0 Å². The molecule has 0 unspecified atom stereocenters. The van der Waals surface area contributed by atoms with E-state index in [1.807, 2.05) is 0 Å². The van der Waals surface area contributed by atoms with Crippen LogP contribution in [-0.2, 0) is 6.54 Å². The summed E-state index contributed by atoms with van der Waals surface area (Å²) < 4.78 is 5.60. The maximum absolute atomic E-state index is 5.60. The fourth-order valence-corrected chi connectivity index (χ4v) is 1.48. The predicted octanol–water partition coefficient (Wildman–Crippen LogP) is 1.80. The topological polar surface area (TPSA) is 54.2 Å². The molecule has 0 radical (unpaired) electrons. The van der Waals surface area contributed by atoms with Gasteiger partial charge in [0.05, 0.1) is 6.54 Å². The monoisotopic (exact) mass is 226 g/mol. The van der Waals surface area contributed by atoms with Crippen LogP contribution in [0.3, 0.4) is 0 Å². The zero-order valence-electron chi connectivity index (χ0n) is 10.7. The maximum atomic E-state index is 5.60. The molecule has 0 aliphatic rings. The third-order valence-corrected chi connectivity index (χ3v) is 2.32. The summed E-state index contributed by atoms with van der Waals surface area (Å²) in [5, 5.41) is 11.3. The van der Waals surface area contributed by atoms with Gasteiger partial charge < -0.3 is 14.6 Å². The summed E-state index contributed by atoms with van der Waals surface area (Å²) in [6.45, 7) is 10.9. The summed E-state index contributed by atoms with van der Waals surface area (Å²) in [7, 11) is 0. The molecule has 0 aliphatic carbocycles. The Kier molecular flexibility index (Phi) is 5.25. The third kappa shape index (κ3) is 3.48. The van der Waals surface area contributed by atoms with Gasteiger partial charge in [0, 0.05) is 12.6 Å². The minimum absolute atomic E-state index is 0.382. The quantitative estimate of drug-likeness (QED) is 0.768. The molecule has 5 heteroatoms. The van der Waals surface area contributed by atoms with Gasteiger partial charge in [0.25, 0.3) is 0 Å². The van der Waals surface area contributed by atoms with Crippen molar-refractivity contribution in [2.75, 3.05) is 18.0 Å². The number of aromatic nitrogens is 2. The molecule has 0 bridgehead atoms. The van der Waals surface area contributed by atoms with Crippen LogP contribution in [0, 0.1) is 0 Å². The second kappa shape index (κ2) is 6.48. The number of rotatable bonds is 7. The van der Waals surface area contributed by atoms with Crippen LogP contribution in [0.25, 0.3) is 0 Å². The smallest absolute Gasteiger partial charge is 0.318 e. The summed E-state index contributed by atoms with van der Waals surface area (Å²) in [6.07, 6.45) is 1.07. The van der Waals surface area contributed by atoms with Crippen LogP contribution < -0.4 is 10.2 Å². The summed E-state index contributed by atoms with van der Waals surface area (Å²) in [5.74, 6) is 0.651. The Morgan fingerprint density at radius 3 is 2.62 bits per heavy atom. The molecule has 1 N–H and O–H groups in total. The van der Waals surface area contributed by atoms with Crippen LogP contribution >= 0.6 is 0 Å². The first-order valence-electron chi connectivity index (χ1n) is 5.98. The first kappa shape index (κ1) is 13.0. The third-order valence-electron chi connectivity index (χ3n) is 2.32. The molecule has 0 aliphatic heterocycles. The van der Waals surface area contributed by atoms with E-state index >= 15 is 0 Å². The van der Waals surface area contributed by atoms with E-state index in [1.54, 1.807) is 0 Å². The van der Waals surface area contributed by atoms with Crippen molar-refractivity contribution in [3.8, 4) is 0 Å². The number of nitrogens with zero attached hydrogens (tertiary/aromatic N) is 3. The van der Waals surface area contributed by atoms with Gasteiger partial charge in [-0.25, -0.2) is 0 Å². The summed E-state index contributed by atoms with van der Waals surface area (Å²) in [5.41, 5.74) is 0. The number of anilines is 1. The highest BCUT2D eigenvalue weighted by Crippen LogP contribution is 2.15. The molecule has 92 valence electrons. The van der Waals surface area contributed by atoms with Crippen molar-refractivity contribution in [3.05, 3.63) is 5.89 Å². The van der Waals surface area contributed by atoms with E-state index < -0.39 is 0 Å². The van der Waals surface area contributed by atoms with Crippen molar-refractivity contribution < 1.29 is 4.42 Å². The number of hydrogen-bond donors (Lipinski definition) is 1. The minimum Gasteiger partial charge on any atom is -0.407 e. The van der Waals surface area contributed by atoms with Crippen LogP contribution in [0.2, 0.25) is 0 Å². The second-order valence-corrected chi connectivity index (χ2v) is 4.05. The van der Waals surface area contributed by atoms with E-state index in [9.17, 15) is 0 Å². The molecule has 0 spiro atoms. The molecule has 1 aromatic rings. The lowest BCUT2D eigenvalue weighted by molar-refractivity contribution is 0.454. The molecule has 0 saturated carbocycles. The molecule has 16 heavy (non-hydrogen) atoms. The molecule has 0 aromatic carbocycles. The highest BCUT2D eigenvalue weighted by molar-refractivity contribution is 5.25. The molecule has 0 amide bonds. The summed E-state index contributed by atoms with van der Waals surface area (Å²) in [4.78, 5) is 2.13. The Hall–Kier alpha value is -1.10. The van der Waals surface area contributed by atoms with Crippen LogP contribution in [0.5, 0.6) is 0 Å². The van der Waals surface area contributed by atoms with Crippen molar-refractivity contribution in [3.63, 3.8) is 0 Å². The average molecular weight is 226 g/mol. The minimum atomic E-state index is 0.382. The average Bonchev–Trinajstić information content (AvgIpc) is 2.70. The number of hydrogen-bond acceptors (Lipinski definition) is 5. The fraction of sp³-hybridized carbons (Fsp3) is 0.818. The van der Waals surface area contributed by atoms with Crippen LogP contribution in [-0.4, -0.2) is 29.3 Å². The van der Waals surface area contributed by atoms with Crippen LogP contribution in [0.1, 0.15) is 40.0 Å². The normalized spacial score (nSPS) is 11.1. The lowest BCUT2D eigenvalue weighted by atomic mass is 10.3. The Balaban J connectivity index is 2.65. The molecular formula is C11H22N4O. The lowest BCUT2D eigenvalue weighted by Crippen LogP contribution is -2.31. The van der Waals surface area contributed by atoms with E-state index in [0.717, 1.165) is 19.5 Å². The molecule has 0 fully saturated rings. The van der Waals surface area contributed by atoms with E-state index in [-0.39, 0.29) is 0 Å². The molecule has 0 atom stereocenters. The molecule has 1 rings (SSSR count). The first-order valence-corrected chi connectivity index (χ1v) is 5.98. The standard InChI is InChI=1S/C11H22N4O/c1-5-7-15(9(3)4)11-14-13-10(16-11)8-12-6-2/h9,12H,5-8H2,1-4H3. The van der Waals surface area contributed by atoms with Gasteiger partial charge in [-0.05, 0) is 26.8 Å². The molecule has 0 saturated heterocycles. The first-order chi connectivity index (χ1) is 7.69. The van der Waals surface area contributed by atoms with Crippen molar-refractivity contribution >= 4 is 6.01 Å². The van der Waals surface area contributed by atoms with Gasteiger partial charge in [0.15, 0.2) is 0 Å². The van der Waals surface area contributed by atoms with Gasteiger partial charge in [0.1, 0.15) is 0 Å². The van der Waals surface area contributed by atoms with E-state index in [2.05, 4.69) is 48.1 Å². The second-order valence-electron chi connectivity index (χ2n) is 4.05. The fourth-order valence-electron chi connectivity index (χ4n) is 1.48. The number of nitrogens with one attached hydrogen (secondary N) is 1. The largest absolute Gasteiger partial charge is 0.407 e. The van der Waals surface area contributed by atoms with Crippen LogP contribution in [0.15, 0.2) is 4.42 Å². The lowest BCUT2D eigenvalue weighted by Gasteiger charge is -2.23. The van der Waals surface area contributed by atoms with Gasteiger partial charge in [-0.1, -0.05) is 18.9 Å². The van der Waals surface area contributed by atoms with Gasteiger partial charge in [-0.15, -0.1) is 5.10 Å². The summed E-state index contributed by atoms with van der Waals surface area (Å²) >= 11 is 0. The summed E-state index contributed by atoms with van der Waals surface area (Å²) in [6, 6.07) is 1.01. The Bertz CT molecular complexity index is 298. The highest BCUT2D eigenvalue weighted by Gasteiger charge is 2.16.